The molecule has 0 spiro atoms. The summed E-state index contributed by atoms with van der Waals surface area (Å²) in [5, 5.41) is 7.95. The summed E-state index contributed by atoms with van der Waals surface area (Å²) in [6.45, 7) is 1.34. The van der Waals surface area contributed by atoms with Gasteiger partial charge in [-0.25, -0.2) is 13.6 Å². The number of hydrogen-bond donors (Lipinski definition) is 2. The molecule has 1 saturated heterocycles. The predicted molar refractivity (Wildman–Crippen MR) is 115 cm³/mol. The SMILES string of the molecule is NS(=O)(=O)c1ccc(CCNC(=O)CCCC(=O)N2CCCC3CCCCC32)cc1. The fourth-order valence-corrected chi connectivity index (χ4v) is 5.27. The zero-order valence-electron chi connectivity index (χ0n) is 17.5. The molecule has 1 aliphatic heterocycles. The summed E-state index contributed by atoms with van der Waals surface area (Å²) in [5.74, 6) is 0.825. The number of nitrogens with two attached hydrogens (primary N) is 1. The first kappa shape index (κ1) is 22.7. The van der Waals surface area contributed by atoms with Crippen LogP contribution in [0.25, 0.3) is 0 Å². The quantitative estimate of drug-likeness (QED) is 0.653. The highest BCUT2D eigenvalue weighted by Gasteiger charge is 2.35. The molecule has 30 heavy (non-hydrogen) atoms. The molecule has 3 rings (SSSR count). The molecule has 1 aromatic carbocycles. The third-order valence-electron chi connectivity index (χ3n) is 6.35. The van der Waals surface area contributed by atoms with Crippen LogP contribution in [-0.2, 0) is 26.0 Å². The third-order valence-corrected chi connectivity index (χ3v) is 7.28. The molecule has 2 amide bonds. The van der Waals surface area contributed by atoms with Gasteiger partial charge in [-0.15, -0.1) is 0 Å². The lowest BCUT2D eigenvalue weighted by Crippen LogP contribution is -2.49. The van der Waals surface area contributed by atoms with Crippen molar-refractivity contribution in [3.05, 3.63) is 29.8 Å². The summed E-state index contributed by atoms with van der Waals surface area (Å²) in [6, 6.07) is 6.75. The van der Waals surface area contributed by atoms with E-state index >= 15 is 0 Å². The summed E-state index contributed by atoms with van der Waals surface area (Å²) < 4.78 is 22.5. The molecule has 2 unspecified atom stereocenters. The summed E-state index contributed by atoms with van der Waals surface area (Å²) in [4.78, 5) is 26.9. The lowest BCUT2D eigenvalue weighted by molar-refractivity contribution is -0.137. The number of likely N-dealkylation sites (tertiary alicyclic amines) is 1. The van der Waals surface area contributed by atoms with Crippen LogP contribution >= 0.6 is 0 Å². The lowest BCUT2D eigenvalue weighted by atomic mass is 9.78. The first-order valence-electron chi connectivity index (χ1n) is 11.0. The van der Waals surface area contributed by atoms with E-state index in [9.17, 15) is 18.0 Å². The molecule has 2 aliphatic rings. The summed E-state index contributed by atoms with van der Waals surface area (Å²) in [7, 11) is -3.69. The van der Waals surface area contributed by atoms with Crippen molar-refractivity contribution in [3.63, 3.8) is 0 Å². The first-order valence-corrected chi connectivity index (χ1v) is 12.6. The minimum absolute atomic E-state index is 0.0573. The van der Waals surface area contributed by atoms with E-state index in [1.165, 1.54) is 37.8 Å². The number of carbonyl (C=O) groups is 2. The van der Waals surface area contributed by atoms with Gasteiger partial charge in [-0.1, -0.05) is 25.0 Å². The molecule has 0 aromatic heterocycles. The smallest absolute Gasteiger partial charge is 0.238 e. The highest BCUT2D eigenvalue weighted by Crippen LogP contribution is 2.35. The van der Waals surface area contributed by atoms with Gasteiger partial charge in [0.25, 0.3) is 0 Å². The van der Waals surface area contributed by atoms with Crippen LogP contribution in [0.2, 0.25) is 0 Å². The number of sulfonamides is 1. The molecule has 1 aromatic rings. The zero-order valence-corrected chi connectivity index (χ0v) is 18.3. The van der Waals surface area contributed by atoms with E-state index in [2.05, 4.69) is 10.2 Å². The molecule has 1 saturated carbocycles. The van der Waals surface area contributed by atoms with E-state index < -0.39 is 10.0 Å². The van der Waals surface area contributed by atoms with E-state index in [0.717, 1.165) is 24.9 Å². The fourth-order valence-electron chi connectivity index (χ4n) is 4.76. The second-order valence-electron chi connectivity index (χ2n) is 8.48. The van der Waals surface area contributed by atoms with Gasteiger partial charge in [0.1, 0.15) is 0 Å². The second kappa shape index (κ2) is 10.4. The van der Waals surface area contributed by atoms with Gasteiger partial charge in [0.15, 0.2) is 0 Å². The van der Waals surface area contributed by atoms with Crippen LogP contribution < -0.4 is 10.5 Å². The number of primary sulfonamides is 1. The van der Waals surface area contributed by atoms with Crippen LogP contribution in [0, 0.1) is 5.92 Å². The minimum atomic E-state index is -3.69. The second-order valence-corrected chi connectivity index (χ2v) is 10.0. The van der Waals surface area contributed by atoms with Crippen molar-refractivity contribution < 1.29 is 18.0 Å². The predicted octanol–water partition coefficient (Wildman–Crippen LogP) is 2.34. The van der Waals surface area contributed by atoms with Gasteiger partial charge < -0.3 is 10.2 Å². The standard InChI is InChI=1S/C22H33N3O4S/c23-30(28,29)19-12-10-17(11-13-19)14-15-24-21(26)8-3-9-22(27)25-16-4-6-18-5-1-2-7-20(18)25/h10-13,18,20H,1-9,14-16H2,(H,24,26)(H2,23,28,29). The maximum Gasteiger partial charge on any atom is 0.238 e. The van der Waals surface area contributed by atoms with Gasteiger partial charge in [0.05, 0.1) is 4.90 Å². The molecule has 3 N–H and O–H groups in total. The molecule has 7 nitrogen and oxygen atoms in total. The largest absolute Gasteiger partial charge is 0.356 e. The van der Waals surface area contributed by atoms with Crippen molar-refractivity contribution in [2.45, 2.75) is 75.1 Å². The van der Waals surface area contributed by atoms with Gasteiger partial charge in [-0.05, 0) is 62.1 Å². The highest BCUT2D eigenvalue weighted by atomic mass is 32.2. The topological polar surface area (TPSA) is 110 Å². The third kappa shape index (κ3) is 6.28. The minimum Gasteiger partial charge on any atom is -0.356 e. The molecule has 0 bridgehead atoms. The Balaban J connectivity index is 1.34. The van der Waals surface area contributed by atoms with Gasteiger partial charge in [0.2, 0.25) is 21.8 Å². The van der Waals surface area contributed by atoms with E-state index in [0.29, 0.717) is 44.2 Å². The Morgan fingerprint density at radius 1 is 1.03 bits per heavy atom. The molecule has 1 aliphatic carbocycles. The Labute approximate surface area is 179 Å². The Morgan fingerprint density at radius 2 is 1.73 bits per heavy atom. The summed E-state index contributed by atoms with van der Waals surface area (Å²) >= 11 is 0. The molecule has 8 heteroatoms. The molecule has 0 radical (unpaired) electrons. The molecular weight excluding hydrogens is 402 g/mol. The average molecular weight is 436 g/mol. The van der Waals surface area contributed by atoms with Crippen LogP contribution in [0.15, 0.2) is 29.2 Å². The number of nitrogens with one attached hydrogen (secondary N) is 1. The monoisotopic (exact) mass is 435 g/mol. The van der Waals surface area contributed by atoms with Crippen LogP contribution in [0.3, 0.4) is 0 Å². The van der Waals surface area contributed by atoms with Crippen LogP contribution in [0.1, 0.15) is 63.4 Å². The Morgan fingerprint density at radius 3 is 2.47 bits per heavy atom. The molecule has 2 fully saturated rings. The fraction of sp³-hybridized carbons (Fsp3) is 0.636. The first-order chi connectivity index (χ1) is 14.3. The number of nitrogens with zero attached hydrogens (tertiary/aromatic N) is 1. The van der Waals surface area contributed by atoms with E-state index in [1.807, 2.05) is 0 Å². The summed E-state index contributed by atoms with van der Waals surface area (Å²) in [5.41, 5.74) is 0.921. The maximum atomic E-state index is 12.7. The van der Waals surface area contributed by atoms with Crippen LogP contribution in [0.4, 0.5) is 0 Å². The molecular formula is C22H33N3O4S. The Kier molecular flexibility index (Phi) is 7.88. The highest BCUT2D eigenvalue weighted by molar-refractivity contribution is 7.89. The Hall–Kier alpha value is -1.93. The lowest BCUT2D eigenvalue weighted by Gasteiger charge is -2.44. The van der Waals surface area contributed by atoms with Gasteiger partial charge >= 0.3 is 0 Å². The van der Waals surface area contributed by atoms with E-state index in [4.69, 9.17) is 5.14 Å². The van der Waals surface area contributed by atoms with Crippen molar-refractivity contribution in [1.82, 2.24) is 10.2 Å². The van der Waals surface area contributed by atoms with Crippen LogP contribution in [0.5, 0.6) is 0 Å². The molecule has 166 valence electrons. The number of hydrogen-bond acceptors (Lipinski definition) is 4. The average Bonchev–Trinajstić information content (AvgIpc) is 2.73. The van der Waals surface area contributed by atoms with E-state index in [-0.39, 0.29) is 16.7 Å². The van der Waals surface area contributed by atoms with Crippen molar-refractivity contribution in [2.75, 3.05) is 13.1 Å². The van der Waals surface area contributed by atoms with Crippen LogP contribution in [-0.4, -0.2) is 44.3 Å². The number of amides is 2. The van der Waals surface area contributed by atoms with Crippen molar-refractivity contribution in [3.8, 4) is 0 Å². The number of piperidine rings is 1. The maximum absolute atomic E-state index is 12.7. The van der Waals surface area contributed by atoms with Gasteiger partial charge in [-0.3, -0.25) is 9.59 Å². The number of rotatable bonds is 8. The normalized spacial score (nSPS) is 21.7. The van der Waals surface area contributed by atoms with Gasteiger partial charge in [-0.2, -0.15) is 0 Å². The zero-order chi connectivity index (χ0) is 21.6. The number of fused-ring (bicyclic) bond motifs is 1. The van der Waals surface area contributed by atoms with E-state index in [1.54, 1.807) is 12.1 Å². The van der Waals surface area contributed by atoms with Crippen molar-refractivity contribution in [2.24, 2.45) is 11.1 Å². The number of carbonyl (C=O) groups excluding carboxylic acids is 2. The molecule has 1 heterocycles. The van der Waals surface area contributed by atoms with Crippen molar-refractivity contribution in [1.29, 1.82) is 0 Å². The Bertz CT molecular complexity index is 836. The summed E-state index contributed by atoms with van der Waals surface area (Å²) in [6.07, 6.45) is 9.21. The van der Waals surface area contributed by atoms with Crippen molar-refractivity contribution >= 4 is 21.8 Å². The number of benzene rings is 1. The molecule has 2 atom stereocenters. The van der Waals surface area contributed by atoms with Gasteiger partial charge in [0, 0.05) is 32.0 Å².